The van der Waals surface area contributed by atoms with E-state index in [0.717, 1.165) is 11.3 Å². The molecule has 2 aromatic rings. The summed E-state index contributed by atoms with van der Waals surface area (Å²) in [5.41, 5.74) is 1.01. The van der Waals surface area contributed by atoms with Crippen molar-refractivity contribution >= 4 is 46.7 Å². The Balaban J connectivity index is 1.70. The molecule has 1 heterocycles. The van der Waals surface area contributed by atoms with Crippen molar-refractivity contribution in [3.8, 4) is 0 Å². The van der Waals surface area contributed by atoms with E-state index in [9.17, 15) is 4.79 Å². The van der Waals surface area contributed by atoms with Crippen LogP contribution in [-0.2, 0) is 10.5 Å². The number of amides is 1. The topological polar surface area (TPSA) is 55.1 Å². The summed E-state index contributed by atoms with van der Waals surface area (Å²) < 4.78 is 4.88. The first-order valence-electron chi connectivity index (χ1n) is 6.29. The lowest BCUT2D eigenvalue weighted by Crippen LogP contribution is -2.12. The molecular formula is C14H14Cl2N2O2S. The highest BCUT2D eigenvalue weighted by molar-refractivity contribution is 7.98. The van der Waals surface area contributed by atoms with E-state index in [4.69, 9.17) is 27.7 Å². The van der Waals surface area contributed by atoms with E-state index < -0.39 is 0 Å². The average Bonchev–Trinajstić information content (AvgIpc) is 2.82. The first-order valence-corrected chi connectivity index (χ1v) is 8.20. The van der Waals surface area contributed by atoms with Gasteiger partial charge in [-0.2, -0.15) is 11.8 Å². The molecular weight excluding hydrogens is 331 g/mol. The Kier molecular flexibility index (Phi) is 5.96. The van der Waals surface area contributed by atoms with Crippen LogP contribution in [0.1, 0.15) is 17.7 Å². The van der Waals surface area contributed by atoms with Crippen LogP contribution in [0.3, 0.4) is 0 Å². The quantitative estimate of drug-likeness (QED) is 0.781. The van der Waals surface area contributed by atoms with Crippen LogP contribution in [0.4, 0.5) is 5.82 Å². The molecule has 112 valence electrons. The van der Waals surface area contributed by atoms with Crippen molar-refractivity contribution in [2.75, 3.05) is 11.1 Å². The van der Waals surface area contributed by atoms with Crippen LogP contribution in [0.5, 0.6) is 0 Å². The zero-order chi connectivity index (χ0) is 15.2. The van der Waals surface area contributed by atoms with E-state index in [0.29, 0.717) is 33.8 Å². The molecule has 0 radical (unpaired) electrons. The zero-order valence-electron chi connectivity index (χ0n) is 11.4. The maximum atomic E-state index is 11.7. The number of nitrogens with zero attached hydrogens (tertiary/aromatic N) is 1. The summed E-state index contributed by atoms with van der Waals surface area (Å²) in [7, 11) is 0. The third-order valence-electron chi connectivity index (χ3n) is 2.64. The summed E-state index contributed by atoms with van der Waals surface area (Å²) in [6.07, 6.45) is 0.405. The van der Waals surface area contributed by atoms with Gasteiger partial charge < -0.3 is 9.84 Å². The minimum atomic E-state index is -0.0852. The molecule has 0 atom stereocenters. The Bertz CT molecular complexity index is 631. The van der Waals surface area contributed by atoms with Crippen LogP contribution in [0.25, 0.3) is 0 Å². The van der Waals surface area contributed by atoms with Gasteiger partial charge >= 0.3 is 0 Å². The molecule has 2 rings (SSSR count). The summed E-state index contributed by atoms with van der Waals surface area (Å²) in [6, 6.07) is 7.11. The molecule has 0 aliphatic carbocycles. The van der Waals surface area contributed by atoms with E-state index in [2.05, 4.69) is 10.5 Å². The number of anilines is 1. The molecule has 0 spiro atoms. The van der Waals surface area contributed by atoms with Crippen LogP contribution in [-0.4, -0.2) is 16.8 Å². The van der Waals surface area contributed by atoms with Crippen molar-refractivity contribution in [1.29, 1.82) is 0 Å². The lowest BCUT2D eigenvalue weighted by atomic mass is 10.2. The second-order valence-corrected chi connectivity index (χ2v) is 6.36. The number of nitrogens with one attached hydrogen (secondary N) is 1. The van der Waals surface area contributed by atoms with Crippen LogP contribution in [0.2, 0.25) is 10.0 Å². The molecule has 1 aromatic heterocycles. The second kappa shape index (κ2) is 7.73. The van der Waals surface area contributed by atoms with Gasteiger partial charge in [0.1, 0.15) is 5.76 Å². The Labute approximate surface area is 137 Å². The largest absolute Gasteiger partial charge is 0.360 e. The van der Waals surface area contributed by atoms with Crippen molar-refractivity contribution < 1.29 is 9.32 Å². The highest BCUT2D eigenvalue weighted by atomic mass is 35.5. The van der Waals surface area contributed by atoms with Gasteiger partial charge in [-0.25, -0.2) is 0 Å². The molecule has 1 N–H and O–H groups in total. The number of aryl methyl sites for hydroxylation is 1. The van der Waals surface area contributed by atoms with E-state index in [1.165, 1.54) is 0 Å². The number of hydrogen-bond donors (Lipinski definition) is 1. The van der Waals surface area contributed by atoms with Crippen LogP contribution < -0.4 is 5.32 Å². The third kappa shape index (κ3) is 5.26. The summed E-state index contributed by atoms with van der Waals surface area (Å²) >= 11 is 13.6. The zero-order valence-corrected chi connectivity index (χ0v) is 13.7. The molecule has 1 amide bonds. The van der Waals surface area contributed by atoms with E-state index in [-0.39, 0.29) is 5.91 Å². The fourth-order valence-corrected chi connectivity index (χ4v) is 3.12. The fraction of sp³-hybridized carbons (Fsp3) is 0.286. The van der Waals surface area contributed by atoms with Gasteiger partial charge in [-0.05, 0) is 24.6 Å². The Morgan fingerprint density at radius 3 is 2.86 bits per heavy atom. The predicted molar refractivity (Wildman–Crippen MR) is 87.1 cm³/mol. The summed E-state index contributed by atoms with van der Waals surface area (Å²) in [6.45, 7) is 1.77. The van der Waals surface area contributed by atoms with Gasteiger partial charge in [-0.1, -0.05) is 34.4 Å². The molecule has 0 bridgehead atoms. The van der Waals surface area contributed by atoms with Crippen LogP contribution in [0.15, 0.2) is 28.8 Å². The van der Waals surface area contributed by atoms with Crippen LogP contribution in [0, 0.1) is 6.92 Å². The van der Waals surface area contributed by atoms with Crippen molar-refractivity contribution in [3.63, 3.8) is 0 Å². The molecule has 0 saturated heterocycles. The highest BCUT2D eigenvalue weighted by Gasteiger charge is 2.07. The SMILES string of the molecule is Cc1cc(NC(=O)CCSCc2ccc(Cl)cc2Cl)no1. The smallest absolute Gasteiger partial charge is 0.226 e. The van der Waals surface area contributed by atoms with Gasteiger partial charge in [0.15, 0.2) is 5.82 Å². The van der Waals surface area contributed by atoms with E-state index >= 15 is 0 Å². The maximum Gasteiger partial charge on any atom is 0.226 e. The molecule has 7 heteroatoms. The number of carbonyl (C=O) groups excluding carboxylic acids is 1. The number of benzene rings is 1. The van der Waals surface area contributed by atoms with Gasteiger partial charge in [0.2, 0.25) is 5.91 Å². The Hall–Kier alpha value is -1.17. The van der Waals surface area contributed by atoms with Crippen molar-refractivity contribution in [3.05, 3.63) is 45.6 Å². The molecule has 0 fully saturated rings. The van der Waals surface area contributed by atoms with Crippen LogP contribution >= 0.6 is 35.0 Å². The first kappa shape index (κ1) is 16.2. The second-order valence-electron chi connectivity index (χ2n) is 4.41. The standard InChI is InChI=1S/C14H14Cl2N2O2S/c1-9-6-13(18-20-9)17-14(19)4-5-21-8-10-2-3-11(15)7-12(10)16/h2-3,6-7H,4-5,8H2,1H3,(H,17,18,19). The van der Waals surface area contributed by atoms with Gasteiger partial charge in [0.05, 0.1) is 0 Å². The van der Waals surface area contributed by atoms with E-state index in [1.807, 2.05) is 12.1 Å². The first-order chi connectivity index (χ1) is 10.0. The third-order valence-corrected chi connectivity index (χ3v) is 4.24. The molecule has 1 aromatic carbocycles. The minimum absolute atomic E-state index is 0.0852. The molecule has 0 aliphatic heterocycles. The van der Waals surface area contributed by atoms with Gasteiger partial charge in [0, 0.05) is 34.0 Å². The Morgan fingerprint density at radius 2 is 2.19 bits per heavy atom. The lowest BCUT2D eigenvalue weighted by Gasteiger charge is -2.05. The number of carbonyl (C=O) groups is 1. The number of hydrogen-bond acceptors (Lipinski definition) is 4. The number of aromatic nitrogens is 1. The normalized spacial score (nSPS) is 10.6. The highest BCUT2D eigenvalue weighted by Crippen LogP contribution is 2.24. The van der Waals surface area contributed by atoms with Crippen molar-refractivity contribution in [2.24, 2.45) is 0 Å². The monoisotopic (exact) mass is 344 g/mol. The van der Waals surface area contributed by atoms with Crippen molar-refractivity contribution in [1.82, 2.24) is 5.16 Å². The molecule has 21 heavy (non-hydrogen) atoms. The van der Waals surface area contributed by atoms with Gasteiger partial charge in [-0.15, -0.1) is 0 Å². The predicted octanol–water partition coefficient (Wildman–Crippen LogP) is 4.55. The summed E-state index contributed by atoms with van der Waals surface area (Å²) in [4.78, 5) is 11.7. The lowest BCUT2D eigenvalue weighted by molar-refractivity contribution is -0.115. The average molecular weight is 345 g/mol. The van der Waals surface area contributed by atoms with E-state index in [1.54, 1.807) is 30.8 Å². The minimum Gasteiger partial charge on any atom is -0.360 e. The summed E-state index contributed by atoms with van der Waals surface area (Å²) in [5.74, 6) is 2.46. The Morgan fingerprint density at radius 1 is 1.38 bits per heavy atom. The number of halogens is 2. The molecule has 0 aliphatic rings. The molecule has 0 saturated carbocycles. The fourth-order valence-electron chi connectivity index (χ4n) is 1.62. The number of thioether (sulfide) groups is 1. The molecule has 0 unspecified atom stereocenters. The van der Waals surface area contributed by atoms with Crippen molar-refractivity contribution in [2.45, 2.75) is 19.1 Å². The molecule has 4 nitrogen and oxygen atoms in total. The summed E-state index contributed by atoms with van der Waals surface area (Å²) in [5, 5.41) is 7.66. The van der Waals surface area contributed by atoms with Gasteiger partial charge in [0.25, 0.3) is 0 Å². The van der Waals surface area contributed by atoms with Gasteiger partial charge in [-0.3, -0.25) is 4.79 Å². The maximum absolute atomic E-state index is 11.7. The number of rotatable bonds is 6.